The van der Waals surface area contributed by atoms with Gasteiger partial charge in [0.2, 0.25) is 0 Å². The van der Waals surface area contributed by atoms with Crippen molar-refractivity contribution < 1.29 is 4.79 Å². The molecule has 2 N–H and O–H groups in total. The summed E-state index contributed by atoms with van der Waals surface area (Å²) >= 11 is 0. The fraction of sp³-hybridized carbons (Fsp3) is 0.261. The van der Waals surface area contributed by atoms with E-state index >= 15 is 0 Å². The Morgan fingerprint density at radius 1 is 0.963 bits per heavy atom. The van der Waals surface area contributed by atoms with Crippen LogP contribution in [-0.2, 0) is 13.0 Å². The van der Waals surface area contributed by atoms with Crippen molar-refractivity contribution in [1.29, 1.82) is 0 Å². The van der Waals surface area contributed by atoms with Gasteiger partial charge in [0.25, 0.3) is 5.91 Å². The predicted octanol–water partition coefficient (Wildman–Crippen LogP) is 4.18. The third kappa shape index (κ3) is 5.31. The van der Waals surface area contributed by atoms with Gasteiger partial charge in [0, 0.05) is 32.4 Å². The minimum Gasteiger partial charge on any atom is -0.353 e. The molecule has 0 aliphatic heterocycles. The van der Waals surface area contributed by atoms with Crippen LogP contribution in [0.25, 0.3) is 0 Å². The molecule has 4 heteroatoms. The number of aromatic nitrogens is 1. The lowest BCUT2D eigenvalue weighted by atomic mass is 9.99. The summed E-state index contributed by atoms with van der Waals surface area (Å²) in [5, 5.41) is 3.65. The van der Waals surface area contributed by atoms with Gasteiger partial charge in [-0.05, 0) is 36.1 Å². The van der Waals surface area contributed by atoms with Crippen molar-refractivity contribution >= 4 is 5.91 Å². The van der Waals surface area contributed by atoms with Crippen molar-refractivity contribution in [3.63, 3.8) is 0 Å². The first-order valence-corrected chi connectivity index (χ1v) is 9.35. The molecule has 0 radical (unpaired) electrons. The van der Waals surface area contributed by atoms with Crippen molar-refractivity contribution in [3.05, 3.63) is 95.3 Å². The van der Waals surface area contributed by atoms with Gasteiger partial charge in [-0.25, -0.2) is 0 Å². The number of carbonyl (C=O) groups excluding carboxylic acids is 1. The number of carbonyl (C=O) groups is 1. The van der Waals surface area contributed by atoms with Crippen LogP contribution >= 0.6 is 0 Å². The topological polar surface area (TPSA) is 48.1 Å². The molecule has 0 saturated heterocycles. The summed E-state index contributed by atoms with van der Waals surface area (Å²) in [7, 11) is 3.52. The number of hydrogen-bond donors (Lipinski definition) is 2. The largest absolute Gasteiger partial charge is 0.353 e. The van der Waals surface area contributed by atoms with Crippen LogP contribution in [-0.4, -0.2) is 29.9 Å². The normalized spacial score (nSPS) is 11.9. The molecule has 1 amide bonds. The monoisotopic (exact) mass is 361 g/mol. The van der Waals surface area contributed by atoms with Crippen LogP contribution in [0.4, 0.5) is 0 Å². The van der Waals surface area contributed by atoms with Gasteiger partial charge in [-0.3, -0.25) is 4.79 Å². The summed E-state index contributed by atoms with van der Waals surface area (Å²) in [5.41, 5.74) is 4.27. The van der Waals surface area contributed by atoms with Gasteiger partial charge >= 0.3 is 0 Å². The fourth-order valence-corrected chi connectivity index (χ4v) is 3.17. The zero-order valence-electron chi connectivity index (χ0n) is 16.0. The highest BCUT2D eigenvalue weighted by atomic mass is 16.2. The number of hydrogen-bond acceptors (Lipinski definition) is 2. The minimum atomic E-state index is -0.00932. The Morgan fingerprint density at radius 2 is 1.63 bits per heavy atom. The predicted molar refractivity (Wildman–Crippen MR) is 110 cm³/mol. The molecule has 1 atom stereocenters. The highest BCUT2D eigenvalue weighted by Crippen LogP contribution is 2.20. The maximum atomic E-state index is 12.1. The van der Waals surface area contributed by atoms with Crippen molar-refractivity contribution in [1.82, 2.24) is 15.2 Å². The van der Waals surface area contributed by atoms with E-state index in [0.29, 0.717) is 12.2 Å². The number of H-pyrrole nitrogens is 1. The quantitative estimate of drug-likeness (QED) is 0.632. The number of nitrogens with one attached hydrogen (secondary N) is 2. The van der Waals surface area contributed by atoms with Crippen molar-refractivity contribution in [3.8, 4) is 0 Å². The number of benzene rings is 2. The number of amides is 1. The van der Waals surface area contributed by atoms with Gasteiger partial charge in [0.15, 0.2) is 0 Å². The molecule has 1 aromatic heterocycles. The first-order chi connectivity index (χ1) is 13.1. The Balaban J connectivity index is 1.66. The summed E-state index contributed by atoms with van der Waals surface area (Å²) < 4.78 is 0. The second-order valence-corrected chi connectivity index (χ2v) is 6.97. The molecule has 140 valence electrons. The maximum absolute atomic E-state index is 12.1. The lowest BCUT2D eigenvalue weighted by Crippen LogP contribution is -2.23. The molecule has 0 aliphatic carbocycles. The van der Waals surface area contributed by atoms with E-state index in [1.807, 2.05) is 24.3 Å². The highest BCUT2D eigenvalue weighted by Gasteiger charge is 2.13. The van der Waals surface area contributed by atoms with Gasteiger partial charge < -0.3 is 15.2 Å². The molecule has 1 heterocycles. The van der Waals surface area contributed by atoms with Crippen molar-refractivity contribution in [2.75, 3.05) is 14.1 Å². The van der Waals surface area contributed by atoms with Crippen molar-refractivity contribution in [2.45, 2.75) is 25.4 Å². The van der Waals surface area contributed by atoms with Gasteiger partial charge in [0.05, 0.1) is 0 Å². The number of rotatable bonds is 8. The number of aromatic amines is 1. The maximum Gasteiger partial charge on any atom is 0.269 e. The van der Waals surface area contributed by atoms with Gasteiger partial charge in [-0.1, -0.05) is 60.7 Å². The van der Waals surface area contributed by atoms with E-state index in [1.54, 1.807) is 19.0 Å². The fourth-order valence-electron chi connectivity index (χ4n) is 3.17. The van der Waals surface area contributed by atoms with Gasteiger partial charge in [0.1, 0.15) is 5.69 Å². The van der Waals surface area contributed by atoms with E-state index in [0.717, 1.165) is 18.5 Å². The molecule has 0 saturated carbocycles. The molecule has 0 fully saturated rings. The van der Waals surface area contributed by atoms with Crippen LogP contribution in [0.3, 0.4) is 0 Å². The Hall–Kier alpha value is -2.85. The summed E-state index contributed by atoms with van der Waals surface area (Å²) in [6.07, 6.45) is 2.03. The minimum absolute atomic E-state index is 0.00932. The molecule has 3 aromatic rings. The molecule has 0 aliphatic rings. The zero-order valence-corrected chi connectivity index (χ0v) is 16.0. The van der Waals surface area contributed by atoms with Crippen molar-refractivity contribution in [2.24, 2.45) is 0 Å². The van der Waals surface area contributed by atoms with Crippen LogP contribution in [0.1, 0.15) is 39.8 Å². The van der Waals surface area contributed by atoms with Gasteiger partial charge in [-0.15, -0.1) is 0 Å². The SMILES string of the molecule is CN(C)C(=O)c1ccc(CNC(CCc2ccccc2)c2ccccc2)[nH]1. The molecular weight excluding hydrogens is 334 g/mol. The van der Waals surface area contributed by atoms with E-state index in [9.17, 15) is 4.79 Å². The molecule has 2 aromatic carbocycles. The van der Waals surface area contributed by atoms with Crippen LogP contribution < -0.4 is 5.32 Å². The lowest BCUT2D eigenvalue weighted by molar-refractivity contribution is 0.0822. The summed E-state index contributed by atoms with van der Waals surface area (Å²) in [6, 6.07) is 25.2. The smallest absolute Gasteiger partial charge is 0.269 e. The van der Waals surface area contributed by atoms with Crippen LogP contribution in [0.15, 0.2) is 72.8 Å². The van der Waals surface area contributed by atoms with E-state index in [2.05, 4.69) is 58.8 Å². The number of nitrogens with zero attached hydrogens (tertiary/aromatic N) is 1. The third-order valence-electron chi connectivity index (χ3n) is 4.69. The molecule has 1 unspecified atom stereocenters. The molecule has 4 nitrogen and oxygen atoms in total. The highest BCUT2D eigenvalue weighted by molar-refractivity contribution is 5.92. The Labute approximate surface area is 161 Å². The molecule has 27 heavy (non-hydrogen) atoms. The average molecular weight is 361 g/mol. The van der Waals surface area contributed by atoms with E-state index in [-0.39, 0.29) is 11.9 Å². The summed E-state index contributed by atoms with van der Waals surface area (Å²) in [5.74, 6) is -0.00932. The standard InChI is InChI=1S/C23H27N3O/c1-26(2)23(27)22-16-14-20(25-22)17-24-21(19-11-7-4-8-12-19)15-13-18-9-5-3-6-10-18/h3-12,14,16,21,24-25H,13,15,17H2,1-2H3. The number of aryl methyl sites for hydroxylation is 1. The first kappa shape index (κ1) is 18.9. The molecule has 0 bridgehead atoms. The van der Waals surface area contributed by atoms with Gasteiger partial charge in [-0.2, -0.15) is 0 Å². The summed E-state index contributed by atoms with van der Waals surface area (Å²) in [6.45, 7) is 0.690. The van der Waals surface area contributed by atoms with Crippen LogP contribution in [0, 0.1) is 0 Å². The molecular formula is C23H27N3O. The van der Waals surface area contributed by atoms with E-state index in [1.165, 1.54) is 11.1 Å². The summed E-state index contributed by atoms with van der Waals surface area (Å²) in [4.78, 5) is 16.9. The molecule has 0 spiro atoms. The first-order valence-electron chi connectivity index (χ1n) is 9.35. The van der Waals surface area contributed by atoms with Crippen LogP contribution in [0.5, 0.6) is 0 Å². The van der Waals surface area contributed by atoms with Crippen LogP contribution in [0.2, 0.25) is 0 Å². The Bertz CT molecular complexity index is 840. The Morgan fingerprint density at radius 3 is 2.30 bits per heavy atom. The van der Waals surface area contributed by atoms with E-state index in [4.69, 9.17) is 0 Å². The van der Waals surface area contributed by atoms with E-state index < -0.39 is 0 Å². The third-order valence-corrected chi connectivity index (χ3v) is 4.69. The lowest BCUT2D eigenvalue weighted by Gasteiger charge is -2.19. The second-order valence-electron chi connectivity index (χ2n) is 6.97. The Kier molecular flexibility index (Phi) is 6.44. The zero-order chi connectivity index (χ0) is 19.1. The molecule has 3 rings (SSSR count). The average Bonchev–Trinajstić information content (AvgIpc) is 3.17. The second kappa shape index (κ2) is 9.19.